The Kier molecular flexibility index (Phi) is 5.21. The summed E-state index contributed by atoms with van der Waals surface area (Å²) in [5, 5.41) is 8.53. The van der Waals surface area contributed by atoms with Crippen LogP contribution in [-0.4, -0.2) is 30.5 Å². The summed E-state index contributed by atoms with van der Waals surface area (Å²) in [7, 11) is 0. The van der Waals surface area contributed by atoms with E-state index in [1.807, 2.05) is 6.07 Å². The van der Waals surface area contributed by atoms with Gasteiger partial charge in [0.2, 0.25) is 0 Å². The molecular weight excluding hydrogens is 235 g/mol. The van der Waals surface area contributed by atoms with E-state index in [1.165, 1.54) is 18.2 Å². The molecular formula is C13H11FN2O2. The van der Waals surface area contributed by atoms with Gasteiger partial charge in [0.1, 0.15) is 6.54 Å². The Morgan fingerprint density at radius 1 is 1.44 bits per heavy atom. The quantitative estimate of drug-likeness (QED) is 0.579. The summed E-state index contributed by atoms with van der Waals surface area (Å²) in [6, 6.07) is 7.58. The first kappa shape index (κ1) is 13.5. The van der Waals surface area contributed by atoms with Crippen LogP contribution in [0.1, 0.15) is 0 Å². The fourth-order valence-corrected chi connectivity index (χ4v) is 1.22. The average molecular weight is 246 g/mol. The second-order valence-electron chi connectivity index (χ2n) is 3.33. The number of carbonyl (C=O) groups excluding carboxylic acids is 1. The minimum Gasteiger partial charge on any atom is -0.481 e. The maximum Gasteiger partial charge on any atom is 0.262 e. The number of nitriles is 1. The molecule has 0 N–H and O–H groups in total. The van der Waals surface area contributed by atoms with E-state index in [4.69, 9.17) is 16.4 Å². The predicted molar refractivity (Wildman–Crippen MR) is 62.9 cm³/mol. The molecule has 0 heterocycles. The lowest BCUT2D eigenvalue weighted by Gasteiger charge is -2.16. The van der Waals surface area contributed by atoms with Gasteiger partial charge < -0.3 is 9.64 Å². The van der Waals surface area contributed by atoms with Crippen molar-refractivity contribution in [3.8, 4) is 24.2 Å². The molecule has 1 rings (SSSR count). The first-order valence-electron chi connectivity index (χ1n) is 5.14. The van der Waals surface area contributed by atoms with Crippen LogP contribution < -0.4 is 4.74 Å². The Bertz CT molecular complexity index is 486. The minimum absolute atomic E-state index is 0.0107. The van der Waals surface area contributed by atoms with Crippen LogP contribution in [0.25, 0.3) is 0 Å². The molecule has 1 amide bonds. The number of amides is 1. The first-order chi connectivity index (χ1) is 8.69. The number of hydrogen-bond donors (Lipinski definition) is 0. The number of terminal acetylenes is 1. The number of ether oxygens (including phenoxy) is 1. The third-order valence-electron chi connectivity index (χ3n) is 2.08. The maximum atomic E-state index is 13.2. The highest BCUT2D eigenvalue weighted by molar-refractivity contribution is 5.78. The summed E-state index contributed by atoms with van der Waals surface area (Å²) < 4.78 is 18.2. The van der Waals surface area contributed by atoms with Crippen molar-refractivity contribution in [2.24, 2.45) is 0 Å². The lowest BCUT2D eigenvalue weighted by atomic mass is 10.3. The molecule has 0 aliphatic carbocycles. The zero-order chi connectivity index (χ0) is 13.4. The summed E-state index contributed by atoms with van der Waals surface area (Å²) in [6.07, 6.45) is 5.07. The van der Waals surface area contributed by atoms with Gasteiger partial charge in [-0.2, -0.15) is 5.26 Å². The van der Waals surface area contributed by atoms with Crippen LogP contribution in [0.5, 0.6) is 5.75 Å². The molecule has 0 unspecified atom stereocenters. The Hall–Kier alpha value is -2.53. The average Bonchev–Trinajstić information content (AvgIpc) is 2.37. The summed E-state index contributed by atoms with van der Waals surface area (Å²) in [4.78, 5) is 12.8. The van der Waals surface area contributed by atoms with Crippen LogP contribution >= 0.6 is 0 Å². The van der Waals surface area contributed by atoms with Crippen molar-refractivity contribution in [1.29, 1.82) is 5.26 Å². The van der Waals surface area contributed by atoms with Gasteiger partial charge in [-0.25, -0.2) is 4.39 Å². The van der Waals surface area contributed by atoms with Gasteiger partial charge in [0, 0.05) is 0 Å². The van der Waals surface area contributed by atoms with Crippen molar-refractivity contribution in [2.75, 3.05) is 19.7 Å². The number of carbonyl (C=O) groups is 1. The van der Waals surface area contributed by atoms with Gasteiger partial charge in [-0.05, 0) is 12.1 Å². The number of hydrogen-bond acceptors (Lipinski definition) is 3. The van der Waals surface area contributed by atoms with Crippen molar-refractivity contribution in [3.63, 3.8) is 0 Å². The van der Waals surface area contributed by atoms with Crippen molar-refractivity contribution >= 4 is 5.91 Å². The Balaban J connectivity index is 2.58. The second kappa shape index (κ2) is 6.93. The van der Waals surface area contributed by atoms with E-state index >= 15 is 0 Å². The fraction of sp³-hybridized carbons (Fsp3) is 0.231. The van der Waals surface area contributed by atoms with Crippen molar-refractivity contribution < 1.29 is 13.9 Å². The molecule has 0 atom stereocenters. The van der Waals surface area contributed by atoms with Crippen LogP contribution in [-0.2, 0) is 4.79 Å². The van der Waals surface area contributed by atoms with Crippen molar-refractivity contribution in [3.05, 3.63) is 30.1 Å². The second-order valence-corrected chi connectivity index (χ2v) is 3.33. The Morgan fingerprint density at radius 3 is 2.78 bits per heavy atom. The molecule has 0 bridgehead atoms. The maximum absolute atomic E-state index is 13.2. The first-order valence-corrected chi connectivity index (χ1v) is 5.14. The van der Waals surface area contributed by atoms with Gasteiger partial charge in [-0.1, -0.05) is 18.1 Å². The molecule has 0 fully saturated rings. The van der Waals surface area contributed by atoms with Gasteiger partial charge in [0.15, 0.2) is 18.2 Å². The molecule has 0 aromatic heterocycles. The molecule has 92 valence electrons. The highest BCUT2D eigenvalue weighted by Gasteiger charge is 2.13. The zero-order valence-electron chi connectivity index (χ0n) is 9.60. The molecule has 18 heavy (non-hydrogen) atoms. The number of nitrogens with zero attached hydrogens (tertiary/aromatic N) is 2. The van der Waals surface area contributed by atoms with E-state index in [2.05, 4.69) is 5.92 Å². The highest BCUT2D eigenvalue weighted by atomic mass is 19.1. The van der Waals surface area contributed by atoms with Crippen LogP contribution in [0.2, 0.25) is 0 Å². The molecule has 1 aromatic rings. The lowest BCUT2D eigenvalue weighted by Crippen LogP contribution is -2.35. The van der Waals surface area contributed by atoms with E-state index in [-0.39, 0.29) is 25.4 Å². The summed E-state index contributed by atoms with van der Waals surface area (Å²) >= 11 is 0. The standard InChI is InChI=1S/C13H11FN2O2/c1-2-8-16(9-7-15)13(17)10-18-12-6-4-3-5-11(12)14/h1,3-6H,8-10H2. The fourth-order valence-electron chi connectivity index (χ4n) is 1.22. The van der Waals surface area contributed by atoms with E-state index in [9.17, 15) is 9.18 Å². The van der Waals surface area contributed by atoms with Crippen LogP contribution in [0.3, 0.4) is 0 Å². The number of benzene rings is 1. The van der Waals surface area contributed by atoms with Gasteiger partial charge in [0.05, 0.1) is 12.6 Å². The van der Waals surface area contributed by atoms with E-state index < -0.39 is 11.7 Å². The SMILES string of the molecule is C#CCN(CC#N)C(=O)COc1ccccc1F. The number of halogens is 1. The number of rotatable bonds is 5. The molecule has 0 saturated heterocycles. The predicted octanol–water partition coefficient (Wildman–Crippen LogP) is 1.19. The number of para-hydroxylation sites is 1. The largest absolute Gasteiger partial charge is 0.481 e. The molecule has 0 aliphatic rings. The van der Waals surface area contributed by atoms with Crippen molar-refractivity contribution in [1.82, 2.24) is 4.90 Å². The zero-order valence-corrected chi connectivity index (χ0v) is 9.60. The molecule has 5 heteroatoms. The molecule has 0 spiro atoms. The Labute approximate surface area is 105 Å². The lowest BCUT2D eigenvalue weighted by molar-refractivity contribution is -0.132. The Morgan fingerprint density at radius 2 is 2.17 bits per heavy atom. The van der Waals surface area contributed by atoms with Crippen LogP contribution in [0.15, 0.2) is 24.3 Å². The van der Waals surface area contributed by atoms with Crippen molar-refractivity contribution in [2.45, 2.75) is 0 Å². The molecule has 4 nitrogen and oxygen atoms in total. The summed E-state index contributed by atoms with van der Waals surface area (Å²) in [6.45, 7) is -0.457. The third kappa shape index (κ3) is 3.80. The molecule has 0 aliphatic heterocycles. The molecule has 1 aromatic carbocycles. The summed E-state index contributed by atoms with van der Waals surface area (Å²) in [5.74, 6) is 1.25. The van der Waals surface area contributed by atoms with E-state index in [0.717, 1.165) is 4.90 Å². The molecule has 0 saturated carbocycles. The molecule has 0 radical (unpaired) electrons. The highest BCUT2D eigenvalue weighted by Crippen LogP contribution is 2.15. The van der Waals surface area contributed by atoms with Gasteiger partial charge in [-0.3, -0.25) is 4.79 Å². The minimum atomic E-state index is -0.547. The van der Waals surface area contributed by atoms with Gasteiger partial charge in [0.25, 0.3) is 5.91 Å². The topological polar surface area (TPSA) is 53.3 Å². The van der Waals surface area contributed by atoms with E-state index in [1.54, 1.807) is 6.07 Å². The monoisotopic (exact) mass is 246 g/mol. The van der Waals surface area contributed by atoms with Crippen LogP contribution in [0.4, 0.5) is 4.39 Å². The smallest absolute Gasteiger partial charge is 0.262 e. The normalized spacial score (nSPS) is 9.06. The van der Waals surface area contributed by atoms with Crippen LogP contribution in [0, 0.1) is 29.5 Å². The van der Waals surface area contributed by atoms with E-state index in [0.29, 0.717) is 0 Å². The van der Waals surface area contributed by atoms with Gasteiger partial charge in [-0.15, -0.1) is 6.42 Å². The summed E-state index contributed by atoms with van der Waals surface area (Å²) in [5.41, 5.74) is 0. The third-order valence-corrected chi connectivity index (χ3v) is 2.08. The van der Waals surface area contributed by atoms with Gasteiger partial charge >= 0.3 is 0 Å².